The number of carbonyl (C=O) groups excluding carboxylic acids is 1. The van der Waals surface area contributed by atoms with Crippen LogP contribution in [-0.2, 0) is 11.3 Å². The third kappa shape index (κ3) is 4.32. The molecule has 1 N–H and O–H groups in total. The lowest BCUT2D eigenvalue weighted by molar-refractivity contribution is -0.119. The first kappa shape index (κ1) is 19.8. The average molecular weight is 405 g/mol. The maximum Gasteiger partial charge on any atom is 0.272 e. The van der Waals surface area contributed by atoms with Crippen molar-refractivity contribution in [2.75, 3.05) is 5.75 Å². The Morgan fingerprint density at radius 2 is 2.15 bits per heavy atom. The van der Waals surface area contributed by atoms with Crippen molar-refractivity contribution >= 4 is 49.4 Å². The summed E-state index contributed by atoms with van der Waals surface area (Å²) in [6.45, 7) is 8.70. The zero-order valence-corrected chi connectivity index (χ0v) is 17.6. The molecule has 3 heterocycles. The molecule has 8 heteroatoms. The molecule has 0 unspecified atom stereocenters. The predicted octanol–water partition coefficient (Wildman–Crippen LogP) is 3.67. The Bertz CT molecular complexity index is 1030. The molecule has 6 nitrogen and oxygen atoms in total. The molecule has 0 radical (unpaired) electrons. The molecular formula is C19H24N4O2S2. The highest BCUT2D eigenvalue weighted by molar-refractivity contribution is 7.99. The second-order valence-electron chi connectivity index (χ2n) is 7.01. The molecule has 0 aliphatic carbocycles. The topological polar surface area (TPSA) is 76.9 Å². The minimum atomic E-state index is -0.0541. The van der Waals surface area contributed by atoms with Crippen LogP contribution in [0.2, 0.25) is 0 Å². The number of fused-ring (bicyclic) bond motifs is 3. The minimum absolute atomic E-state index is 0.0448. The molecule has 3 aromatic rings. The van der Waals surface area contributed by atoms with Crippen LogP contribution in [0.3, 0.4) is 0 Å². The minimum Gasteiger partial charge on any atom is -0.353 e. The molecule has 27 heavy (non-hydrogen) atoms. The van der Waals surface area contributed by atoms with Crippen molar-refractivity contribution in [2.24, 2.45) is 5.92 Å². The maximum atomic E-state index is 13.1. The molecule has 0 aromatic carbocycles. The second kappa shape index (κ2) is 8.39. The molecule has 0 saturated carbocycles. The predicted molar refractivity (Wildman–Crippen MR) is 113 cm³/mol. The van der Waals surface area contributed by atoms with Crippen molar-refractivity contribution < 1.29 is 4.79 Å². The van der Waals surface area contributed by atoms with E-state index in [1.807, 2.05) is 26.0 Å². The summed E-state index contributed by atoms with van der Waals surface area (Å²) in [7, 11) is 0. The number of thiophene rings is 1. The molecule has 0 saturated heterocycles. The summed E-state index contributed by atoms with van der Waals surface area (Å²) in [6, 6.07) is 3.92. The van der Waals surface area contributed by atoms with E-state index in [2.05, 4.69) is 24.1 Å². The zero-order chi connectivity index (χ0) is 19.6. The molecule has 0 aliphatic heterocycles. The Hall–Kier alpha value is -1.93. The number of hydrogen-bond donors (Lipinski definition) is 1. The van der Waals surface area contributed by atoms with Crippen molar-refractivity contribution in [3.8, 4) is 0 Å². The van der Waals surface area contributed by atoms with Crippen LogP contribution in [0.25, 0.3) is 20.4 Å². The fourth-order valence-corrected chi connectivity index (χ4v) is 4.57. The van der Waals surface area contributed by atoms with Crippen LogP contribution in [0.4, 0.5) is 0 Å². The van der Waals surface area contributed by atoms with Crippen LogP contribution in [0.15, 0.2) is 28.3 Å². The van der Waals surface area contributed by atoms with E-state index < -0.39 is 0 Å². The number of pyridine rings is 1. The Morgan fingerprint density at radius 1 is 1.37 bits per heavy atom. The van der Waals surface area contributed by atoms with Crippen molar-refractivity contribution in [2.45, 2.75) is 51.9 Å². The third-order valence-electron chi connectivity index (χ3n) is 4.22. The molecule has 144 valence electrons. The first-order valence-electron chi connectivity index (χ1n) is 9.10. The highest BCUT2D eigenvalue weighted by atomic mass is 32.2. The van der Waals surface area contributed by atoms with Crippen molar-refractivity contribution in [1.29, 1.82) is 0 Å². The average Bonchev–Trinajstić information content (AvgIpc) is 3.01. The van der Waals surface area contributed by atoms with E-state index in [9.17, 15) is 9.59 Å². The van der Waals surface area contributed by atoms with Gasteiger partial charge in [-0.15, -0.1) is 11.3 Å². The summed E-state index contributed by atoms with van der Waals surface area (Å²) in [5.41, 5.74) is 0.625. The highest BCUT2D eigenvalue weighted by Crippen LogP contribution is 2.30. The van der Waals surface area contributed by atoms with Gasteiger partial charge in [0.15, 0.2) is 5.16 Å². The van der Waals surface area contributed by atoms with Crippen molar-refractivity contribution in [1.82, 2.24) is 19.9 Å². The number of nitrogens with zero attached hydrogens (tertiary/aromatic N) is 3. The second-order valence-corrected chi connectivity index (χ2v) is 8.95. The first-order valence-corrected chi connectivity index (χ1v) is 10.9. The van der Waals surface area contributed by atoms with Crippen LogP contribution >= 0.6 is 23.1 Å². The molecule has 1 amide bonds. The highest BCUT2D eigenvalue weighted by Gasteiger charge is 2.18. The normalized spacial score (nSPS) is 12.8. The van der Waals surface area contributed by atoms with E-state index in [-0.39, 0.29) is 23.3 Å². The fraction of sp³-hybridized carbons (Fsp3) is 0.474. The Kier molecular flexibility index (Phi) is 6.16. The van der Waals surface area contributed by atoms with Crippen LogP contribution < -0.4 is 10.9 Å². The van der Waals surface area contributed by atoms with Gasteiger partial charge in [0.25, 0.3) is 5.56 Å². The summed E-state index contributed by atoms with van der Waals surface area (Å²) in [5.74, 6) is 0.486. The molecular weight excluding hydrogens is 380 g/mol. The summed E-state index contributed by atoms with van der Waals surface area (Å²) < 4.78 is 2.32. The third-order valence-corrected chi connectivity index (χ3v) is 6.28. The van der Waals surface area contributed by atoms with E-state index in [1.165, 1.54) is 23.1 Å². The molecule has 3 aromatic heterocycles. The van der Waals surface area contributed by atoms with Gasteiger partial charge in [-0.1, -0.05) is 32.5 Å². The van der Waals surface area contributed by atoms with Crippen molar-refractivity contribution in [3.63, 3.8) is 0 Å². The van der Waals surface area contributed by atoms with Gasteiger partial charge in [-0.25, -0.2) is 9.97 Å². The van der Waals surface area contributed by atoms with Crippen molar-refractivity contribution in [3.05, 3.63) is 28.7 Å². The molecule has 0 spiro atoms. The smallest absolute Gasteiger partial charge is 0.272 e. The van der Waals surface area contributed by atoms with Gasteiger partial charge in [-0.05, 0) is 31.4 Å². The number of aromatic nitrogens is 3. The number of thioether (sulfide) groups is 1. The lowest BCUT2D eigenvalue weighted by atomic mass is 10.2. The lowest BCUT2D eigenvalue weighted by Gasteiger charge is -2.15. The standard InChI is InChI=1S/C19H24N4O2S2/c1-5-12(4)21-14(24)10-26-19-22-15-13-7-6-8-20-17(13)27-16(15)18(25)23(19)9-11(2)3/h6-8,11-12H,5,9-10H2,1-4H3,(H,21,24)/t12-/m1/s1. The van der Waals surface area contributed by atoms with Gasteiger partial charge in [-0.2, -0.15) is 0 Å². The molecule has 0 aliphatic rings. The maximum absolute atomic E-state index is 13.1. The molecule has 3 rings (SSSR count). The van der Waals surface area contributed by atoms with E-state index >= 15 is 0 Å². The number of nitrogens with one attached hydrogen (secondary N) is 1. The summed E-state index contributed by atoms with van der Waals surface area (Å²) in [4.78, 5) is 35.2. The quantitative estimate of drug-likeness (QED) is 0.480. The van der Waals surface area contributed by atoms with E-state index in [4.69, 9.17) is 4.98 Å². The first-order chi connectivity index (χ1) is 12.9. The Balaban J connectivity index is 2.02. The van der Waals surface area contributed by atoms with Gasteiger partial charge in [-0.3, -0.25) is 14.2 Å². The molecule has 0 fully saturated rings. The van der Waals surface area contributed by atoms with E-state index in [0.29, 0.717) is 27.8 Å². The van der Waals surface area contributed by atoms with Gasteiger partial charge in [0.05, 0.1) is 11.3 Å². The monoisotopic (exact) mass is 404 g/mol. The van der Waals surface area contributed by atoms with Crippen LogP contribution in [0.5, 0.6) is 0 Å². The fourth-order valence-electron chi connectivity index (χ4n) is 2.73. The number of amides is 1. The number of hydrogen-bond acceptors (Lipinski definition) is 6. The van der Waals surface area contributed by atoms with Gasteiger partial charge in [0.2, 0.25) is 5.91 Å². The molecule has 0 bridgehead atoms. The SMILES string of the molecule is CC[C@@H](C)NC(=O)CSc1nc2c(sc3ncccc32)c(=O)n1CC(C)C. The van der Waals surface area contributed by atoms with Gasteiger partial charge < -0.3 is 5.32 Å². The summed E-state index contributed by atoms with van der Waals surface area (Å²) in [5, 5.41) is 4.43. The molecule has 1 atom stereocenters. The zero-order valence-electron chi connectivity index (χ0n) is 16.0. The largest absolute Gasteiger partial charge is 0.353 e. The van der Waals surface area contributed by atoms with Crippen LogP contribution in [0.1, 0.15) is 34.1 Å². The summed E-state index contributed by atoms with van der Waals surface area (Å²) >= 11 is 2.69. The van der Waals surface area contributed by atoms with E-state index in [1.54, 1.807) is 10.8 Å². The Morgan fingerprint density at radius 3 is 2.85 bits per heavy atom. The Labute approximate surface area is 166 Å². The van der Waals surface area contributed by atoms with Crippen LogP contribution in [0, 0.1) is 5.92 Å². The van der Waals surface area contributed by atoms with Gasteiger partial charge >= 0.3 is 0 Å². The van der Waals surface area contributed by atoms with Gasteiger partial charge in [0, 0.05) is 24.2 Å². The van der Waals surface area contributed by atoms with Gasteiger partial charge in [0.1, 0.15) is 9.53 Å². The summed E-state index contributed by atoms with van der Waals surface area (Å²) in [6.07, 6.45) is 2.60. The number of carbonyl (C=O) groups is 1. The van der Waals surface area contributed by atoms with E-state index in [0.717, 1.165) is 16.6 Å². The number of rotatable bonds is 7. The van der Waals surface area contributed by atoms with Crippen LogP contribution in [-0.4, -0.2) is 32.2 Å². The lowest BCUT2D eigenvalue weighted by Crippen LogP contribution is -2.33.